The summed E-state index contributed by atoms with van der Waals surface area (Å²) in [5.41, 5.74) is 0. The summed E-state index contributed by atoms with van der Waals surface area (Å²) in [5.74, 6) is -0.460. The summed E-state index contributed by atoms with van der Waals surface area (Å²) in [4.78, 5) is 14.7. The average molecular weight is 275 g/mol. The normalized spacial score (nSPS) is 10.2. The van der Waals surface area contributed by atoms with E-state index in [0.29, 0.717) is 13.0 Å². The Morgan fingerprint density at radius 3 is 2.94 bits per heavy atom. The molecule has 0 aromatic carbocycles. The van der Waals surface area contributed by atoms with E-state index < -0.39 is 5.82 Å². The summed E-state index contributed by atoms with van der Waals surface area (Å²) in [6.45, 7) is 0.604. The van der Waals surface area contributed by atoms with E-state index in [1.54, 1.807) is 0 Å². The second-order valence-electron chi connectivity index (χ2n) is 3.80. The Morgan fingerprint density at radius 2 is 2.28 bits per heavy atom. The number of rotatable bonds is 7. The molecule has 1 rings (SSSR count). The number of carbonyl (C=O) groups is 1. The maximum absolute atomic E-state index is 13.3. The van der Waals surface area contributed by atoms with Crippen LogP contribution < -0.4 is 5.32 Å². The molecule has 0 unspecified atom stereocenters. The van der Waals surface area contributed by atoms with E-state index in [0.717, 1.165) is 19.3 Å². The van der Waals surface area contributed by atoms with E-state index in [9.17, 15) is 9.18 Å². The Bertz CT molecular complexity index is 402. The smallest absolute Gasteiger partial charge is 0.305 e. The number of methoxy groups -OCH3 is 1. The SMILES string of the molecule is COC(=O)CCCCCNc1ncc(Cl)cc1F. The van der Waals surface area contributed by atoms with Crippen LogP contribution in [0, 0.1) is 5.82 Å². The first-order valence-corrected chi connectivity index (χ1v) is 6.13. The third kappa shape index (κ3) is 5.31. The summed E-state index contributed by atoms with van der Waals surface area (Å²) < 4.78 is 17.8. The highest BCUT2D eigenvalue weighted by molar-refractivity contribution is 6.30. The number of hydrogen-bond donors (Lipinski definition) is 1. The largest absolute Gasteiger partial charge is 0.469 e. The van der Waals surface area contributed by atoms with Gasteiger partial charge >= 0.3 is 5.97 Å². The van der Waals surface area contributed by atoms with Crippen molar-refractivity contribution < 1.29 is 13.9 Å². The van der Waals surface area contributed by atoms with Gasteiger partial charge in [0.05, 0.1) is 12.1 Å². The number of carbonyl (C=O) groups excluding carboxylic acids is 1. The van der Waals surface area contributed by atoms with Crippen molar-refractivity contribution in [3.63, 3.8) is 0 Å². The molecule has 1 aromatic rings. The Labute approximate surface area is 110 Å². The fourth-order valence-electron chi connectivity index (χ4n) is 1.42. The third-order valence-electron chi connectivity index (χ3n) is 2.39. The Balaban J connectivity index is 2.16. The maximum atomic E-state index is 13.3. The number of unbranched alkanes of at least 4 members (excludes halogenated alkanes) is 2. The molecule has 0 saturated carbocycles. The molecule has 4 nitrogen and oxygen atoms in total. The number of anilines is 1. The van der Waals surface area contributed by atoms with E-state index in [-0.39, 0.29) is 16.8 Å². The second-order valence-corrected chi connectivity index (χ2v) is 4.23. The summed E-state index contributed by atoms with van der Waals surface area (Å²) in [5, 5.41) is 3.16. The molecule has 0 fully saturated rings. The quantitative estimate of drug-likeness (QED) is 0.613. The van der Waals surface area contributed by atoms with E-state index in [1.165, 1.54) is 19.4 Å². The zero-order valence-electron chi connectivity index (χ0n) is 10.2. The van der Waals surface area contributed by atoms with Crippen LogP contribution in [0.4, 0.5) is 10.2 Å². The molecule has 0 aliphatic heterocycles. The predicted octanol–water partition coefficient (Wildman–Crippen LogP) is 3.02. The molecule has 100 valence electrons. The Hall–Kier alpha value is -1.36. The van der Waals surface area contributed by atoms with Gasteiger partial charge < -0.3 is 10.1 Å². The van der Waals surface area contributed by atoms with Crippen molar-refractivity contribution in [3.8, 4) is 0 Å². The predicted molar refractivity (Wildman–Crippen MR) is 68.2 cm³/mol. The van der Waals surface area contributed by atoms with Crippen LogP contribution in [-0.4, -0.2) is 24.6 Å². The van der Waals surface area contributed by atoms with Crippen LogP contribution in [0.1, 0.15) is 25.7 Å². The van der Waals surface area contributed by atoms with Gasteiger partial charge in [-0.3, -0.25) is 4.79 Å². The molecule has 0 saturated heterocycles. The van der Waals surface area contributed by atoms with Gasteiger partial charge in [0.1, 0.15) is 0 Å². The van der Waals surface area contributed by atoms with Crippen molar-refractivity contribution >= 4 is 23.4 Å². The number of ether oxygens (including phenoxy) is 1. The van der Waals surface area contributed by atoms with Crippen LogP contribution in [0.25, 0.3) is 0 Å². The van der Waals surface area contributed by atoms with Crippen molar-refractivity contribution in [2.75, 3.05) is 19.0 Å². The van der Waals surface area contributed by atoms with Crippen molar-refractivity contribution in [1.29, 1.82) is 0 Å². The lowest BCUT2D eigenvalue weighted by Crippen LogP contribution is -2.06. The number of halogens is 2. The van der Waals surface area contributed by atoms with Crippen LogP contribution in [0.3, 0.4) is 0 Å². The first-order chi connectivity index (χ1) is 8.63. The Kier molecular flexibility index (Phi) is 6.43. The first-order valence-electron chi connectivity index (χ1n) is 5.75. The average Bonchev–Trinajstić information content (AvgIpc) is 2.35. The van der Waals surface area contributed by atoms with E-state index >= 15 is 0 Å². The van der Waals surface area contributed by atoms with Gasteiger partial charge in [0.25, 0.3) is 0 Å². The standard InChI is InChI=1S/C12H16ClFN2O2/c1-18-11(17)5-3-2-4-6-15-12-10(14)7-9(13)8-16-12/h7-8H,2-6H2,1H3,(H,15,16). The van der Waals surface area contributed by atoms with Gasteiger partial charge in [-0.05, 0) is 18.9 Å². The van der Waals surface area contributed by atoms with Gasteiger partial charge in [0.2, 0.25) is 0 Å². The van der Waals surface area contributed by atoms with Crippen LogP contribution >= 0.6 is 11.6 Å². The molecule has 0 atom stereocenters. The highest BCUT2D eigenvalue weighted by Gasteiger charge is 2.03. The molecule has 0 bridgehead atoms. The molecule has 0 radical (unpaired) electrons. The van der Waals surface area contributed by atoms with Crippen molar-refractivity contribution in [1.82, 2.24) is 4.98 Å². The van der Waals surface area contributed by atoms with Gasteiger partial charge in [-0.25, -0.2) is 9.37 Å². The number of aromatic nitrogens is 1. The summed E-state index contributed by atoms with van der Waals surface area (Å²) >= 11 is 5.59. The van der Waals surface area contributed by atoms with Crippen LogP contribution in [0.5, 0.6) is 0 Å². The molecular weight excluding hydrogens is 259 g/mol. The molecule has 1 aromatic heterocycles. The third-order valence-corrected chi connectivity index (χ3v) is 2.59. The fourth-order valence-corrected chi connectivity index (χ4v) is 1.57. The number of nitrogens with zero attached hydrogens (tertiary/aromatic N) is 1. The highest BCUT2D eigenvalue weighted by atomic mass is 35.5. The van der Waals surface area contributed by atoms with Crippen molar-refractivity contribution in [2.45, 2.75) is 25.7 Å². The van der Waals surface area contributed by atoms with E-state index in [1.807, 2.05) is 0 Å². The van der Waals surface area contributed by atoms with Crippen LogP contribution in [0.2, 0.25) is 5.02 Å². The summed E-state index contributed by atoms with van der Waals surface area (Å²) in [6.07, 6.45) is 4.29. The molecule has 1 heterocycles. The van der Waals surface area contributed by atoms with E-state index in [4.69, 9.17) is 11.6 Å². The number of nitrogens with one attached hydrogen (secondary N) is 1. The number of hydrogen-bond acceptors (Lipinski definition) is 4. The number of pyridine rings is 1. The molecule has 18 heavy (non-hydrogen) atoms. The lowest BCUT2D eigenvalue weighted by molar-refractivity contribution is -0.140. The lowest BCUT2D eigenvalue weighted by Gasteiger charge is -2.06. The highest BCUT2D eigenvalue weighted by Crippen LogP contribution is 2.15. The molecular formula is C12H16ClFN2O2. The summed E-state index contributed by atoms with van der Waals surface area (Å²) in [6, 6.07) is 1.22. The van der Waals surface area contributed by atoms with Gasteiger partial charge in [0.15, 0.2) is 11.6 Å². The fraction of sp³-hybridized carbons (Fsp3) is 0.500. The molecule has 6 heteroatoms. The number of esters is 1. The van der Waals surface area contributed by atoms with Crippen LogP contribution in [0.15, 0.2) is 12.3 Å². The molecule has 1 N–H and O–H groups in total. The topological polar surface area (TPSA) is 51.2 Å². The zero-order valence-corrected chi connectivity index (χ0v) is 11.0. The molecule has 0 amide bonds. The second kappa shape index (κ2) is 7.87. The zero-order chi connectivity index (χ0) is 13.4. The van der Waals surface area contributed by atoms with Crippen LogP contribution in [-0.2, 0) is 9.53 Å². The van der Waals surface area contributed by atoms with Gasteiger partial charge in [0, 0.05) is 19.2 Å². The lowest BCUT2D eigenvalue weighted by atomic mass is 10.2. The first kappa shape index (κ1) is 14.7. The minimum atomic E-state index is -0.461. The summed E-state index contributed by atoms with van der Waals surface area (Å²) in [7, 11) is 1.37. The van der Waals surface area contributed by atoms with Crippen molar-refractivity contribution in [3.05, 3.63) is 23.1 Å². The minimum Gasteiger partial charge on any atom is -0.469 e. The monoisotopic (exact) mass is 274 g/mol. The molecule has 0 aliphatic carbocycles. The van der Waals surface area contributed by atoms with Crippen molar-refractivity contribution in [2.24, 2.45) is 0 Å². The Morgan fingerprint density at radius 1 is 1.50 bits per heavy atom. The van der Waals surface area contributed by atoms with Gasteiger partial charge in [-0.15, -0.1) is 0 Å². The molecule has 0 aliphatic rings. The molecule has 0 spiro atoms. The minimum absolute atomic E-state index is 0.201. The van der Waals surface area contributed by atoms with E-state index in [2.05, 4.69) is 15.0 Å². The van der Waals surface area contributed by atoms with Gasteiger partial charge in [-0.2, -0.15) is 0 Å². The maximum Gasteiger partial charge on any atom is 0.305 e. The van der Waals surface area contributed by atoms with Gasteiger partial charge in [-0.1, -0.05) is 18.0 Å².